The van der Waals surface area contributed by atoms with Gasteiger partial charge in [-0.05, 0) is 69.3 Å². The van der Waals surface area contributed by atoms with Gasteiger partial charge in [-0.15, -0.1) is 0 Å². The number of halogens is 4. The number of rotatable bonds is 8. The lowest BCUT2D eigenvalue weighted by Crippen LogP contribution is -2.39. The Bertz CT molecular complexity index is 1710. The van der Waals surface area contributed by atoms with Crippen molar-refractivity contribution in [1.82, 2.24) is 9.99 Å². The number of hydrogen-bond acceptors (Lipinski definition) is 4. The molecule has 0 aliphatic heterocycles. The first-order valence-electron chi connectivity index (χ1n) is 12.3. The van der Waals surface area contributed by atoms with E-state index in [-0.39, 0.29) is 10.6 Å². The first-order valence-corrected chi connectivity index (χ1v) is 13.8. The number of aryl methyl sites for hydroxylation is 2. The van der Waals surface area contributed by atoms with Crippen molar-refractivity contribution in [3.8, 4) is 5.69 Å². The maximum absolute atomic E-state index is 14.4. The second-order valence-corrected chi connectivity index (χ2v) is 11.1. The van der Waals surface area contributed by atoms with Gasteiger partial charge in [0, 0.05) is 17.0 Å². The highest BCUT2D eigenvalue weighted by molar-refractivity contribution is 7.92. The number of carbonyl (C=O) groups is 1. The van der Waals surface area contributed by atoms with Gasteiger partial charge < -0.3 is 4.57 Å². The molecule has 1 amide bonds. The Morgan fingerprint density at radius 1 is 0.976 bits per heavy atom. The fourth-order valence-corrected chi connectivity index (χ4v) is 5.66. The van der Waals surface area contributed by atoms with Crippen LogP contribution in [0.2, 0.25) is 0 Å². The minimum absolute atomic E-state index is 0.197. The molecule has 0 bridgehead atoms. The van der Waals surface area contributed by atoms with Crippen LogP contribution in [0.25, 0.3) is 5.69 Å². The van der Waals surface area contributed by atoms with Gasteiger partial charge in [0.1, 0.15) is 12.4 Å². The summed E-state index contributed by atoms with van der Waals surface area (Å²) in [5, 5.41) is 3.91. The Labute approximate surface area is 234 Å². The number of nitrogens with one attached hydrogen (secondary N) is 1. The number of carbonyl (C=O) groups excluding carboxylic acids is 1. The summed E-state index contributed by atoms with van der Waals surface area (Å²) in [5.74, 6) is -1.31. The van der Waals surface area contributed by atoms with Crippen LogP contribution in [0.4, 0.5) is 23.2 Å². The minimum Gasteiger partial charge on any atom is -0.315 e. The number of benzene rings is 3. The lowest BCUT2D eigenvalue weighted by Gasteiger charge is -2.24. The van der Waals surface area contributed by atoms with E-state index in [0.717, 1.165) is 17.7 Å². The van der Waals surface area contributed by atoms with Gasteiger partial charge in [0.25, 0.3) is 15.9 Å². The summed E-state index contributed by atoms with van der Waals surface area (Å²) < 4.78 is 83.8. The standard InChI is InChI=1S/C29H26F4N4O3S/c1-19-11-13-25(14-12-19)41(39,40)36(24-8-6-7-23(16-24)29(31,32)33)18-28(38)35-34-17-22-15-20(2)37(21(22)3)27-10-5-4-9-26(27)30/h4-17H,18H2,1-3H3,(H,35,38)/b34-17-. The molecule has 0 atom stereocenters. The van der Waals surface area contributed by atoms with Crippen molar-refractivity contribution in [2.75, 3.05) is 10.8 Å². The van der Waals surface area contributed by atoms with E-state index in [4.69, 9.17) is 0 Å². The van der Waals surface area contributed by atoms with Gasteiger partial charge in [0.05, 0.1) is 28.0 Å². The predicted molar refractivity (Wildman–Crippen MR) is 148 cm³/mol. The third-order valence-corrected chi connectivity index (χ3v) is 8.10. The monoisotopic (exact) mass is 586 g/mol. The number of anilines is 1. The second kappa shape index (κ2) is 11.6. The van der Waals surface area contributed by atoms with Crippen molar-refractivity contribution in [1.29, 1.82) is 0 Å². The highest BCUT2D eigenvalue weighted by atomic mass is 32.2. The number of hydrazone groups is 1. The van der Waals surface area contributed by atoms with E-state index in [0.29, 0.717) is 33.0 Å². The third-order valence-electron chi connectivity index (χ3n) is 6.31. The normalized spacial score (nSPS) is 12.1. The summed E-state index contributed by atoms with van der Waals surface area (Å²) in [5.41, 5.74) is 3.85. The SMILES string of the molecule is Cc1ccc(S(=O)(=O)N(CC(=O)N/N=C\c2cc(C)n(-c3ccccc3F)c2C)c2cccc(C(F)(F)F)c2)cc1. The fourth-order valence-electron chi connectivity index (χ4n) is 4.25. The number of hydrogen-bond donors (Lipinski definition) is 1. The molecule has 4 aromatic rings. The van der Waals surface area contributed by atoms with E-state index in [2.05, 4.69) is 10.5 Å². The molecule has 1 aromatic heterocycles. The van der Waals surface area contributed by atoms with Crippen molar-refractivity contribution in [2.45, 2.75) is 31.8 Å². The number of sulfonamides is 1. The average Bonchev–Trinajstić information content (AvgIpc) is 3.19. The van der Waals surface area contributed by atoms with Gasteiger partial charge in [0.15, 0.2) is 0 Å². The van der Waals surface area contributed by atoms with Crippen molar-refractivity contribution in [3.63, 3.8) is 0 Å². The molecular formula is C29H26F4N4O3S. The third kappa shape index (κ3) is 6.49. The maximum Gasteiger partial charge on any atom is 0.416 e. The van der Waals surface area contributed by atoms with Crippen molar-refractivity contribution in [2.24, 2.45) is 5.10 Å². The average molecular weight is 587 g/mol. The minimum atomic E-state index is -4.73. The fraction of sp³-hybridized carbons (Fsp3) is 0.172. The summed E-state index contributed by atoms with van der Waals surface area (Å²) in [6.45, 7) is 4.42. The van der Waals surface area contributed by atoms with Gasteiger partial charge >= 0.3 is 6.18 Å². The number of amides is 1. The summed E-state index contributed by atoms with van der Waals surface area (Å²) >= 11 is 0. The first-order chi connectivity index (χ1) is 19.3. The van der Waals surface area contributed by atoms with Crippen LogP contribution in [0, 0.1) is 26.6 Å². The molecule has 4 rings (SSSR count). The molecule has 12 heteroatoms. The zero-order valence-corrected chi connectivity index (χ0v) is 23.1. The lowest BCUT2D eigenvalue weighted by molar-refractivity contribution is -0.137. The molecule has 1 N–H and O–H groups in total. The zero-order valence-electron chi connectivity index (χ0n) is 22.3. The van der Waals surface area contributed by atoms with Crippen molar-refractivity contribution >= 4 is 27.8 Å². The molecule has 0 fully saturated rings. The maximum atomic E-state index is 14.4. The van der Waals surface area contributed by atoms with E-state index in [1.807, 2.05) is 0 Å². The van der Waals surface area contributed by atoms with E-state index >= 15 is 0 Å². The Kier molecular flexibility index (Phi) is 8.34. The van der Waals surface area contributed by atoms with Crippen LogP contribution in [0.1, 0.15) is 28.1 Å². The molecule has 1 heterocycles. The number of para-hydroxylation sites is 1. The quantitative estimate of drug-likeness (QED) is 0.158. The predicted octanol–water partition coefficient (Wildman–Crippen LogP) is 5.91. The van der Waals surface area contributed by atoms with Crippen molar-refractivity contribution in [3.05, 3.63) is 113 Å². The van der Waals surface area contributed by atoms with E-state index < -0.39 is 40.0 Å². The second-order valence-electron chi connectivity index (χ2n) is 9.28. The van der Waals surface area contributed by atoms with E-state index in [1.165, 1.54) is 30.5 Å². The zero-order chi connectivity index (χ0) is 29.9. The molecule has 0 spiro atoms. The molecule has 214 valence electrons. The molecular weight excluding hydrogens is 560 g/mol. The summed E-state index contributed by atoms with van der Waals surface area (Å²) in [6.07, 6.45) is -3.41. The Morgan fingerprint density at radius 2 is 1.66 bits per heavy atom. The molecule has 7 nitrogen and oxygen atoms in total. The Morgan fingerprint density at radius 3 is 2.32 bits per heavy atom. The number of nitrogens with zero attached hydrogens (tertiary/aromatic N) is 3. The van der Waals surface area contributed by atoms with Crippen LogP contribution < -0.4 is 9.73 Å². The van der Waals surface area contributed by atoms with Gasteiger partial charge in [-0.25, -0.2) is 18.2 Å². The van der Waals surface area contributed by atoms with Crippen LogP contribution in [0.5, 0.6) is 0 Å². The Hall–Kier alpha value is -4.45. The van der Waals surface area contributed by atoms with Gasteiger partial charge in [-0.2, -0.15) is 18.3 Å². The lowest BCUT2D eigenvalue weighted by atomic mass is 10.2. The van der Waals surface area contributed by atoms with Crippen LogP contribution in [0.15, 0.2) is 88.9 Å². The molecule has 0 unspecified atom stereocenters. The summed E-state index contributed by atoms with van der Waals surface area (Å²) in [6, 6.07) is 17.4. The van der Waals surface area contributed by atoms with Crippen LogP contribution >= 0.6 is 0 Å². The highest BCUT2D eigenvalue weighted by Gasteiger charge is 2.33. The molecule has 0 saturated carbocycles. The summed E-state index contributed by atoms with van der Waals surface area (Å²) in [7, 11) is -4.43. The van der Waals surface area contributed by atoms with Gasteiger partial charge in [0.2, 0.25) is 0 Å². The highest BCUT2D eigenvalue weighted by Crippen LogP contribution is 2.33. The summed E-state index contributed by atoms with van der Waals surface area (Å²) in [4.78, 5) is 12.6. The number of aromatic nitrogens is 1. The number of alkyl halides is 3. The van der Waals surface area contributed by atoms with Crippen LogP contribution in [-0.4, -0.2) is 31.7 Å². The molecule has 0 saturated heterocycles. The molecule has 0 aliphatic rings. The molecule has 0 aliphatic carbocycles. The largest absolute Gasteiger partial charge is 0.416 e. The van der Waals surface area contributed by atoms with Gasteiger partial charge in [-0.1, -0.05) is 35.9 Å². The van der Waals surface area contributed by atoms with Gasteiger partial charge in [-0.3, -0.25) is 9.10 Å². The van der Waals surface area contributed by atoms with E-state index in [9.17, 15) is 30.8 Å². The Balaban J connectivity index is 1.61. The van der Waals surface area contributed by atoms with Crippen LogP contribution in [0.3, 0.4) is 0 Å². The smallest absolute Gasteiger partial charge is 0.315 e. The van der Waals surface area contributed by atoms with Crippen molar-refractivity contribution < 1.29 is 30.8 Å². The first kappa shape index (κ1) is 29.5. The molecule has 41 heavy (non-hydrogen) atoms. The van der Waals surface area contributed by atoms with E-state index in [1.54, 1.807) is 61.7 Å². The topological polar surface area (TPSA) is 83.8 Å². The molecule has 3 aromatic carbocycles. The molecule has 0 radical (unpaired) electrons. The van der Waals surface area contributed by atoms with Crippen LogP contribution in [-0.2, 0) is 21.0 Å².